The molecule has 0 spiro atoms. The number of ketones is 1. The minimum absolute atomic E-state index is 0.125. The van der Waals surface area contributed by atoms with Crippen LogP contribution >= 0.6 is 0 Å². The van der Waals surface area contributed by atoms with Gasteiger partial charge >= 0.3 is 0 Å². The van der Waals surface area contributed by atoms with Crippen molar-refractivity contribution in [3.8, 4) is 0 Å². The summed E-state index contributed by atoms with van der Waals surface area (Å²) in [5, 5.41) is 0. The number of nitrogens with two attached hydrogens (primary N) is 1. The molecular formula is C11H16N2O. The van der Waals surface area contributed by atoms with Crippen LogP contribution in [-0.4, -0.2) is 17.3 Å². The number of rotatable bonds is 4. The van der Waals surface area contributed by atoms with Gasteiger partial charge in [-0.1, -0.05) is 13.8 Å². The molecule has 14 heavy (non-hydrogen) atoms. The highest BCUT2D eigenvalue weighted by Crippen LogP contribution is 2.20. The van der Waals surface area contributed by atoms with Crippen molar-refractivity contribution in [2.75, 3.05) is 6.54 Å². The van der Waals surface area contributed by atoms with Gasteiger partial charge in [0.05, 0.1) is 0 Å². The molecular weight excluding hydrogens is 176 g/mol. The van der Waals surface area contributed by atoms with E-state index < -0.39 is 0 Å². The van der Waals surface area contributed by atoms with Gasteiger partial charge in [-0.05, 0) is 24.1 Å². The van der Waals surface area contributed by atoms with Gasteiger partial charge in [0.15, 0.2) is 5.78 Å². The van der Waals surface area contributed by atoms with Crippen molar-refractivity contribution in [3.05, 3.63) is 30.1 Å². The van der Waals surface area contributed by atoms with Crippen molar-refractivity contribution in [2.45, 2.75) is 20.3 Å². The molecule has 0 radical (unpaired) electrons. The number of nitrogens with zero attached hydrogens (tertiary/aromatic N) is 1. The lowest BCUT2D eigenvalue weighted by Crippen LogP contribution is -2.26. The average Bonchev–Trinajstić information content (AvgIpc) is 2.19. The van der Waals surface area contributed by atoms with E-state index >= 15 is 0 Å². The SMILES string of the molecule is CC(C)(CN)CC(=O)c1ccncc1. The molecule has 0 aliphatic carbocycles. The number of hydrogen-bond acceptors (Lipinski definition) is 3. The number of pyridine rings is 1. The third kappa shape index (κ3) is 2.92. The first kappa shape index (κ1) is 10.9. The molecule has 0 aliphatic rings. The van der Waals surface area contributed by atoms with Crippen LogP contribution in [0.15, 0.2) is 24.5 Å². The predicted octanol–water partition coefficient (Wildman–Crippen LogP) is 1.64. The first-order valence-corrected chi connectivity index (χ1v) is 4.68. The maximum Gasteiger partial charge on any atom is 0.163 e. The molecule has 0 amide bonds. The first-order chi connectivity index (χ1) is 6.55. The highest BCUT2D eigenvalue weighted by Gasteiger charge is 2.20. The third-order valence-electron chi connectivity index (χ3n) is 2.19. The van der Waals surface area contributed by atoms with Crippen molar-refractivity contribution < 1.29 is 4.79 Å². The minimum Gasteiger partial charge on any atom is -0.330 e. The van der Waals surface area contributed by atoms with Gasteiger partial charge in [0.1, 0.15) is 0 Å². The van der Waals surface area contributed by atoms with E-state index in [1.807, 2.05) is 13.8 Å². The van der Waals surface area contributed by atoms with Crippen molar-refractivity contribution in [1.82, 2.24) is 4.98 Å². The number of carbonyl (C=O) groups excluding carboxylic acids is 1. The fourth-order valence-corrected chi connectivity index (χ4v) is 1.15. The molecule has 1 aromatic heterocycles. The van der Waals surface area contributed by atoms with Gasteiger partial charge in [-0.25, -0.2) is 0 Å². The Bertz CT molecular complexity index is 306. The number of hydrogen-bond donors (Lipinski definition) is 1. The molecule has 1 rings (SSSR count). The zero-order valence-electron chi connectivity index (χ0n) is 8.66. The highest BCUT2D eigenvalue weighted by atomic mass is 16.1. The zero-order chi connectivity index (χ0) is 10.6. The van der Waals surface area contributed by atoms with Crippen molar-refractivity contribution in [2.24, 2.45) is 11.1 Å². The summed E-state index contributed by atoms with van der Waals surface area (Å²) in [5.74, 6) is 0.128. The fourth-order valence-electron chi connectivity index (χ4n) is 1.15. The van der Waals surface area contributed by atoms with Gasteiger partial charge < -0.3 is 5.73 Å². The molecule has 2 N–H and O–H groups in total. The van der Waals surface area contributed by atoms with E-state index in [2.05, 4.69) is 4.98 Å². The van der Waals surface area contributed by atoms with E-state index in [0.717, 1.165) is 0 Å². The molecule has 0 fully saturated rings. The van der Waals surface area contributed by atoms with Gasteiger partial charge in [0, 0.05) is 24.4 Å². The summed E-state index contributed by atoms with van der Waals surface area (Å²) < 4.78 is 0. The predicted molar refractivity (Wildman–Crippen MR) is 56.0 cm³/mol. The summed E-state index contributed by atoms with van der Waals surface area (Å²) >= 11 is 0. The number of aromatic nitrogens is 1. The molecule has 0 saturated carbocycles. The van der Waals surface area contributed by atoms with Gasteiger partial charge in [-0.3, -0.25) is 9.78 Å². The Balaban J connectivity index is 2.69. The summed E-state index contributed by atoms with van der Waals surface area (Å²) in [7, 11) is 0. The van der Waals surface area contributed by atoms with Crippen molar-refractivity contribution >= 4 is 5.78 Å². The quantitative estimate of drug-likeness (QED) is 0.738. The maximum absolute atomic E-state index is 11.7. The fraction of sp³-hybridized carbons (Fsp3) is 0.455. The van der Waals surface area contributed by atoms with E-state index in [9.17, 15) is 4.79 Å². The van der Waals surface area contributed by atoms with Crippen molar-refractivity contribution in [3.63, 3.8) is 0 Å². The summed E-state index contributed by atoms with van der Waals surface area (Å²) in [6, 6.07) is 3.46. The van der Waals surface area contributed by atoms with Crippen LogP contribution in [0.25, 0.3) is 0 Å². The Morgan fingerprint density at radius 1 is 1.43 bits per heavy atom. The van der Waals surface area contributed by atoms with Crippen LogP contribution in [0.1, 0.15) is 30.6 Å². The van der Waals surface area contributed by atoms with E-state index in [1.54, 1.807) is 24.5 Å². The summed E-state index contributed by atoms with van der Waals surface area (Å²) in [6.07, 6.45) is 3.73. The second-order valence-electron chi connectivity index (χ2n) is 4.20. The lowest BCUT2D eigenvalue weighted by atomic mass is 9.86. The molecule has 76 valence electrons. The molecule has 0 saturated heterocycles. The zero-order valence-corrected chi connectivity index (χ0v) is 8.66. The molecule has 0 unspecified atom stereocenters. The second-order valence-corrected chi connectivity index (χ2v) is 4.20. The third-order valence-corrected chi connectivity index (χ3v) is 2.19. The maximum atomic E-state index is 11.7. The van der Waals surface area contributed by atoms with Gasteiger partial charge in [0.2, 0.25) is 0 Å². The van der Waals surface area contributed by atoms with E-state index in [-0.39, 0.29) is 11.2 Å². The van der Waals surface area contributed by atoms with E-state index in [0.29, 0.717) is 18.5 Å². The van der Waals surface area contributed by atoms with Crippen LogP contribution in [0, 0.1) is 5.41 Å². The van der Waals surface area contributed by atoms with Crippen molar-refractivity contribution in [1.29, 1.82) is 0 Å². The first-order valence-electron chi connectivity index (χ1n) is 4.68. The summed E-state index contributed by atoms with van der Waals surface area (Å²) in [4.78, 5) is 15.6. The Kier molecular flexibility index (Phi) is 3.36. The Labute approximate surface area is 84.3 Å². The molecule has 3 heteroatoms. The number of Topliss-reactive ketones (excluding diaryl/α,β-unsaturated/α-hetero) is 1. The molecule has 0 aliphatic heterocycles. The normalized spacial score (nSPS) is 11.4. The molecule has 3 nitrogen and oxygen atoms in total. The summed E-state index contributed by atoms with van der Waals surface area (Å²) in [5.41, 5.74) is 6.15. The van der Waals surface area contributed by atoms with Crippen LogP contribution in [0.5, 0.6) is 0 Å². The lowest BCUT2D eigenvalue weighted by Gasteiger charge is -2.20. The van der Waals surface area contributed by atoms with E-state index in [4.69, 9.17) is 5.73 Å². The molecule has 0 atom stereocenters. The molecule has 0 bridgehead atoms. The van der Waals surface area contributed by atoms with E-state index in [1.165, 1.54) is 0 Å². The van der Waals surface area contributed by atoms with Gasteiger partial charge in [-0.15, -0.1) is 0 Å². The molecule has 1 heterocycles. The smallest absolute Gasteiger partial charge is 0.163 e. The summed E-state index contributed by atoms with van der Waals surface area (Å²) in [6.45, 7) is 4.50. The Morgan fingerprint density at radius 2 is 2.00 bits per heavy atom. The molecule has 0 aromatic carbocycles. The van der Waals surface area contributed by atoms with Crippen LogP contribution in [-0.2, 0) is 0 Å². The van der Waals surface area contributed by atoms with Crippen LogP contribution in [0.2, 0.25) is 0 Å². The topological polar surface area (TPSA) is 56.0 Å². The van der Waals surface area contributed by atoms with Crippen LogP contribution in [0.3, 0.4) is 0 Å². The monoisotopic (exact) mass is 192 g/mol. The largest absolute Gasteiger partial charge is 0.330 e. The molecule has 1 aromatic rings. The second kappa shape index (κ2) is 4.33. The minimum atomic E-state index is -0.125. The van der Waals surface area contributed by atoms with Crippen LogP contribution < -0.4 is 5.73 Å². The van der Waals surface area contributed by atoms with Gasteiger partial charge in [-0.2, -0.15) is 0 Å². The standard InChI is InChI=1S/C11H16N2O/c1-11(2,8-12)7-10(14)9-3-5-13-6-4-9/h3-6H,7-8,12H2,1-2H3. The average molecular weight is 192 g/mol. The Hall–Kier alpha value is -1.22. The highest BCUT2D eigenvalue weighted by molar-refractivity contribution is 5.96. The lowest BCUT2D eigenvalue weighted by molar-refractivity contribution is 0.0934. The van der Waals surface area contributed by atoms with Gasteiger partial charge in [0.25, 0.3) is 0 Å². The number of carbonyl (C=O) groups is 1. The van der Waals surface area contributed by atoms with Crippen LogP contribution in [0.4, 0.5) is 0 Å². The Morgan fingerprint density at radius 3 is 2.50 bits per heavy atom.